The molecule has 33 heavy (non-hydrogen) atoms. The maximum absolute atomic E-state index is 12.0. The van der Waals surface area contributed by atoms with Gasteiger partial charge in [-0.1, -0.05) is 84.0 Å². The van der Waals surface area contributed by atoms with Gasteiger partial charge in [0.05, 0.1) is 6.33 Å². The van der Waals surface area contributed by atoms with Gasteiger partial charge in [-0.2, -0.15) is 0 Å². The number of aliphatic carboxylic acids is 1. The predicted molar refractivity (Wildman–Crippen MR) is 130 cm³/mol. The minimum atomic E-state index is -1.11. The molecule has 0 aliphatic rings. The fourth-order valence-electron chi connectivity index (χ4n) is 3.79. The third-order valence-corrected chi connectivity index (χ3v) is 5.79. The molecule has 1 aromatic heterocycles. The molecule has 0 spiro atoms. The van der Waals surface area contributed by atoms with Crippen molar-refractivity contribution in [1.29, 1.82) is 0 Å². The molecule has 8 heteroatoms. The number of aromatic nitrogens is 2. The van der Waals surface area contributed by atoms with Crippen LogP contribution in [0.1, 0.15) is 109 Å². The highest BCUT2D eigenvalue weighted by Crippen LogP contribution is 2.12. The first-order valence-electron chi connectivity index (χ1n) is 12.8. The van der Waals surface area contributed by atoms with Crippen molar-refractivity contribution in [3.63, 3.8) is 0 Å². The van der Waals surface area contributed by atoms with E-state index in [4.69, 9.17) is 0 Å². The van der Waals surface area contributed by atoms with Crippen LogP contribution in [0, 0.1) is 0 Å². The van der Waals surface area contributed by atoms with Crippen molar-refractivity contribution in [3.8, 4) is 0 Å². The standard InChI is InChI=1S/C25H44N4O4/c1-2-3-4-5-6-7-8-9-10-11-12-13-14-15-23(30)27-17-16-24(31)29-22(25(32)33)18-21-19-26-20-28-21/h19-20,22H,2-18H2,1H3,(H,26,28)(H,27,30)(H,29,31)(H,32,33). The molecule has 1 rings (SSSR count). The van der Waals surface area contributed by atoms with Crippen molar-refractivity contribution in [2.75, 3.05) is 6.54 Å². The van der Waals surface area contributed by atoms with Crippen LogP contribution in [0.2, 0.25) is 0 Å². The number of unbranched alkanes of at least 4 members (excludes halogenated alkanes) is 12. The Labute approximate surface area is 198 Å². The topological polar surface area (TPSA) is 124 Å². The summed E-state index contributed by atoms with van der Waals surface area (Å²) in [5.41, 5.74) is 0.633. The van der Waals surface area contributed by atoms with Gasteiger partial charge in [0.25, 0.3) is 0 Å². The molecule has 0 saturated carbocycles. The maximum Gasteiger partial charge on any atom is 0.326 e. The average Bonchev–Trinajstić information content (AvgIpc) is 3.29. The molecule has 0 aliphatic carbocycles. The fourth-order valence-corrected chi connectivity index (χ4v) is 3.79. The van der Waals surface area contributed by atoms with E-state index in [1.807, 2.05) is 0 Å². The van der Waals surface area contributed by atoms with Gasteiger partial charge in [0.2, 0.25) is 11.8 Å². The number of amides is 2. The molecule has 0 fully saturated rings. The van der Waals surface area contributed by atoms with Gasteiger partial charge in [-0.25, -0.2) is 9.78 Å². The summed E-state index contributed by atoms with van der Waals surface area (Å²) in [5.74, 6) is -1.56. The van der Waals surface area contributed by atoms with E-state index >= 15 is 0 Å². The number of carbonyl (C=O) groups excluding carboxylic acids is 2. The van der Waals surface area contributed by atoms with Gasteiger partial charge in [0.15, 0.2) is 0 Å². The lowest BCUT2D eigenvalue weighted by molar-refractivity contribution is -0.141. The van der Waals surface area contributed by atoms with Crippen molar-refractivity contribution >= 4 is 17.8 Å². The molecule has 0 saturated heterocycles. The molecule has 2 amide bonds. The number of carboxylic acids is 1. The Bertz CT molecular complexity index is 649. The van der Waals surface area contributed by atoms with E-state index in [-0.39, 0.29) is 25.3 Å². The van der Waals surface area contributed by atoms with Crippen LogP contribution in [0.3, 0.4) is 0 Å². The number of aromatic amines is 1. The Balaban J connectivity index is 1.96. The Hall–Kier alpha value is -2.38. The summed E-state index contributed by atoms with van der Waals surface area (Å²) >= 11 is 0. The fraction of sp³-hybridized carbons (Fsp3) is 0.760. The zero-order valence-corrected chi connectivity index (χ0v) is 20.4. The quantitative estimate of drug-likeness (QED) is 0.199. The Morgan fingerprint density at radius 2 is 1.45 bits per heavy atom. The van der Waals surface area contributed by atoms with Crippen molar-refractivity contribution in [2.24, 2.45) is 0 Å². The lowest BCUT2D eigenvalue weighted by Gasteiger charge is -2.13. The molecule has 0 aliphatic heterocycles. The number of hydrogen-bond donors (Lipinski definition) is 4. The number of nitrogens with one attached hydrogen (secondary N) is 3. The van der Waals surface area contributed by atoms with Crippen LogP contribution < -0.4 is 10.6 Å². The van der Waals surface area contributed by atoms with Crippen LogP contribution in [0.5, 0.6) is 0 Å². The highest BCUT2D eigenvalue weighted by molar-refractivity contribution is 5.84. The number of hydrogen-bond acceptors (Lipinski definition) is 4. The number of nitrogens with zero attached hydrogens (tertiary/aromatic N) is 1. The summed E-state index contributed by atoms with van der Waals surface area (Å²) < 4.78 is 0. The summed E-state index contributed by atoms with van der Waals surface area (Å²) in [7, 11) is 0. The number of rotatable bonds is 21. The third-order valence-electron chi connectivity index (χ3n) is 5.79. The summed E-state index contributed by atoms with van der Waals surface area (Å²) in [5, 5.41) is 14.5. The van der Waals surface area contributed by atoms with Gasteiger partial charge in [-0.05, 0) is 6.42 Å². The van der Waals surface area contributed by atoms with E-state index in [2.05, 4.69) is 27.5 Å². The zero-order valence-electron chi connectivity index (χ0n) is 20.4. The minimum Gasteiger partial charge on any atom is -0.480 e. The number of carbonyl (C=O) groups is 3. The monoisotopic (exact) mass is 464 g/mol. The van der Waals surface area contributed by atoms with Crippen molar-refractivity contribution < 1.29 is 19.5 Å². The third kappa shape index (κ3) is 16.0. The number of imidazole rings is 1. The van der Waals surface area contributed by atoms with E-state index < -0.39 is 17.9 Å². The lowest BCUT2D eigenvalue weighted by Crippen LogP contribution is -2.43. The van der Waals surface area contributed by atoms with E-state index in [9.17, 15) is 19.5 Å². The molecule has 4 N–H and O–H groups in total. The molecule has 1 heterocycles. The largest absolute Gasteiger partial charge is 0.480 e. The molecule has 8 nitrogen and oxygen atoms in total. The molecular formula is C25H44N4O4. The average molecular weight is 465 g/mol. The second-order valence-corrected chi connectivity index (χ2v) is 8.83. The summed E-state index contributed by atoms with van der Waals surface area (Å²) in [6.07, 6.45) is 20.1. The van der Waals surface area contributed by atoms with Crippen molar-refractivity contribution in [1.82, 2.24) is 20.6 Å². The van der Waals surface area contributed by atoms with Crippen LogP contribution in [0.4, 0.5) is 0 Å². The lowest BCUT2D eigenvalue weighted by atomic mass is 10.0. The van der Waals surface area contributed by atoms with Gasteiger partial charge in [-0.15, -0.1) is 0 Å². The molecule has 1 unspecified atom stereocenters. The molecule has 0 aromatic carbocycles. The molecule has 188 valence electrons. The van der Waals surface area contributed by atoms with E-state index in [0.29, 0.717) is 12.1 Å². The van der Waals surface area contributed by atoms with Gasteiger partial charge in [0, 0.05) is 37.7 Å². The second-order valence-electron chi connectivity index (χ2n) is 8.83. The normalized spacial score (nSPS) is 11.8. The van der Waals surface area contributed by atoms with E-state index in [1.54, 1.807) is 0 Å². The Kier molecular flexibility index (Phi) is 16.6. The molecule has 0 bridgehead atoms. The summed E-state index contributed by atoms with van der Waals surface area (Å²) in [4.78, 5) is 41.9. The molecule has 0 radical (unpaired) electrons. The molecular weight excluding hydrogens is 420 g/mol. The summed E-state index contributed by atoms with van der Waals surface area (Å²) in [6.45, 7) is 2.46. The zero-order chi connectivity index (χ0) is 24.2. The van der Waals surface area contributed by atoms with Crippen molar-refractivity contribution in [2.45, 2.75) is 116 Å². The first-order chi connectivity index (χ1) is 16.0. The van der Waals surface area contributed by atoms with Crippen LogP contribution in [0.15, 0.2) is 12.5 Å². The van der Waals surface area contributed by atoms with Crippen LogP contribution >= 0.6 is 0 Å². The number of H-pyrrole nitrogens is 1. The minimum absolute atomic E-state index is 0.0527. The smallest absolute Gasteiger partial charge is 0.326 e. The highest BCUT2D eigenvalue weighted by atomic mass is 16.4. The Morgan fingerprint density at radius 1 is 0.879 bits per heavy atom. The highest BCUT2D eigenvalue weighted by Gasteiger charge is 2.20. The van der Waals surface area contributed by atoms with Gasteiger partial charge < -0.3 is 20.7 Å². The maximum atomic E-state index is 12.0. The van der Waals surface area contributed by atoms with Crippen LogP contribution in [-0.2, 0) is 20.8 Å². The predicted octanol–water partition coefficient (Wildman–Crippen LogP) is 4.51. The van der Waals surface area contributed by atoms with Gasteiger partial charge in [-0.3, -0.25) is 9.59 Å². The first kappa shape index (κ1) is 28.7. The second kappa shape index (κ2) is 19.1. The van der Waals surface area contributed by atoms with Crippen LogP contribution in [-0.4, -0.2) is 45.4 Å². The Morgan fingerprint density at radius 3 is 1.97 bits per heavy atom. The van der Waals surface area contributed by atoms with Crippen LogP contribution in [0.25, 0.3) is 0 Å². The van der Waals surface area contributed by atoms with Gasteiger partial charge in [0.1, 0.15) is 6.04 Å². The summed E-state index contributed by atoms with van der Waals surface area (Å²) in [6, 6.07) is -1.03. The van der Waals surface area contributed by atoms with Gasteiger partial charge >= 0.3 is 5.97 Å². The molecule has 1 atom stereocenters. The first-order valence-corrected chi connectivity index (χ1v) is 12.8. The van der Waals surface area contributed by atoms with E-state index in [0.717, 1.165) is 12.8 Å². The molecule has 1 aromatic rings. The van der Waals surface area contributed by atoms with E-state index in [1.165, 1.54) is 83.2 Å². The SMILES string of the molecule is CCCCCCCCCCCCCCCC(=O)NCCC(=O)NC(Cc1cnc[nH]1)C(=O)O. The number of carboxylic acid groups (broad SMARTS) is 1. The van der Waals surface area contributed by atoms with Crippen molar-refractivity contribution in [3.05, 3.63) is 18.2 Å².